The summed E-state index contributed by atoms with van der Waals surface area (Å²) in [7, 11) is -1.83. The first-order valence-electron chi connectivity index (χ1n) is 6.99. The van der Waals surface area contributed by atoms with Gasteiger partial charge in [-0.05, 0) is 32.1 Å². The Labute approximate surface area is 115 Å². The second-order valence-electron chi connectivity index (χ2n) is 5.43. The molecule has 2 N–H and O–H groups in total. The molecule has 0 aromatic rings. The van der Waals surface area contributed by atoms with Crippen molar-refractivity contribution in [2.24, 2.45) is 0 Å². The van der Waals surface area contributed by atoms with Crippen LogP contribution in [0.25, 0.3) is 0 Å². The lowest BCUT2D eigenvalue weighted by molar-refractivity contribution is 0.107. The van der Waals surface area contributed by atoms with E-state index in [-0.39, 0.29) is 24.8 Å². The molecule has 19 heavy (non-hydrogen) atoms. The fourth-order valence-electron chi connectivity index (χ4n) is 3.01. The lowest BCUT2D eigenvalue weighted by atomic mass is 10.1. The van der Waals surface area contributed by atoms with Crippen molar-refractivity contribution >= 4 is 10.2 Å². The molecule has 1 heterocycles. The second-order valence-corrected chi connectivity index (χ2v) is 7.09. The van der Waals surface area contributed by atoms with E-state index in [4.69, 9.17) is 4.74 Å². The number of methoxy groups -OCH3 is 1. The van der Waals surface area contributed by atoms with Crippen LogP contribution in [0.5, 0.6) is 0 Å². The summed E-state index contributed by atoms with van der Waals surface area (Å²) in [5.41, 5.74) is 0. The Morgan fingerprint density at radius 2 is 2.11 bits per heavy atom. The molecule has 0 amide bonds. The van der Waals surface area contributed by atoms with E-state index in [9.17, 15) is 13.5 Å². The quantitative estimate of drug-likeness (QED) is 0.760. The standard InChI is InChI=1S/C12H24N2O4S/c1-18-12-6-5-10(8-12)13-19(16,17)14-7-3-2-4-11(14)9-15/h10-13,15H,2-9H2,1H3. The first-order valence-corrected chi connectivity index (χ1v) is 8.43. The van der Waals surface area contributed by atoms with Crippen molar-refractivity contribution in [1.82, 2.24) is 9.03 Å². The average molecular weight is 292 g/mol. The molecule has 0 bridgehead atoms. The predicted molar refractivity (Wildman–Crippen MR) is 71.9 cm³/mol. The van der Waals surface area contributed by atoms with Crippen LogP contribution in [0.4, 0.5) is 0 Å². The fourth-order valence-corrected chi connectivity index (χ4v) is 4.72. The third kappa shape index (κ3) is 3.66. The number of aliphatic hydroxyl groups excluding tert-OH is 1. The molecule has 2 fully saturated rings. The Kier molecular flexibility index (Phi) is 5.19. The van der Waals surface area contributed by atoms with Gasteiger partial charge in [0.25, 0.3) is 10.2 Å². The molecule has 2 aliphatic rings. The maximum atomic E-state index is 12.4. The molecule has 6 nitrogen and oxygen atoms in total. The van der Waals surface area contributed by atoms with Gasteiger partial charge in [-0.1, -0.05) is 6.42 Å². The Bertz CT molecular complexity index is 387. The van der Waals surface area contributed by atoms with Crippen molar-refractivity contribution < 1.29 is 18.3 Å². The third-order valence-corrected chi connectivity index (χ3v) is 5.86. The summed E-state index contributed by atoms with van der Waals surface area (Å²) in [4.78, 5) is 0. The molecule has 2 rings (SSSR count). The zero-order valence-corrected chi connectivity index (χ0v) is 12.2. The van der Waals surface area contributed by atoms with E-state index in [1.165, 1.54) is 4.31 Å². The molecule has 112 valence electrons. The molecule has 3 atom stereocenters. The van der Waals surface area contributed by atoms with Crippen LogP contribution in [0.2, 0.25) is 0 Å². The number of rotatable bonds is 5. The van der Waals surface area contributed by atoms with Crippen LogP contribution in [0.3, 0.4) is 0 Å². The molecular formula is C12H24N2O4S. The van der Waals surface area contributed by atoms with Gasteiger partial charge in [-0.15, -0.1) is 0 Å². The molecule has 1 saturated carbocycles. The van der Waals surface area contributed by atoms with Gasteiger partial charge in [0.2, 0.25) is 0 Å². The maximum absolute atomic E-state index is 12.4. The summed E-state index contributed by atoms with van der Waals surface area (Å²) in [6, 6.07) is -0.318. The fraction of sp³-hybridized carbons (Fsp3) is 1.00. The Hall–Kier alpha value is -0.210. The predicted octanol–water partition coefficient (Wildman–Crippen LogP) is 0.235. The molecule has 1 saturated heterocycles. The highest BCUT2D eigenvalue weighted by atomic mass is 32.2. The minimum absolute atomic E-state index is 0.0452. The Morgan fingerprint density at radius 1 is 1.32 bits per heavy atom. The van der Waals surface area contributed by atoms with Gasteiger partial charge in [-0.3, -0.25) is 0 Å². The van der Waals surface area contributed by atoms with Crippen LogP contribution in [-0.4, -0.2) is 56.3 Å². The molecule has 7 heteroatoms. The van der Waals surface area contributed by atoms with Crippen LogP contribution in [0, 0.1) is 0 Å². The van der Waals surface area contributed by atoms with Gasteiger partial charge in [0.1, 0.15) is 0 Å². The van der Waals surface area contributed by atoms with Crippen molar-refractivity contribution in [3.8, 4) is 0 Å². The highest BCUT2D eigenvalue weighted by Crippen LogP contribution is 2.24. The lowest BCUT2D eigenvalue weighted by Gasteiger charge is -2.34. The molecule has 0 aromatic heterocycles. The third-order valence-electron chi connectivity index (χ3n) is 4.13. The van der Waals surface area contributed by atoms with Crippen molar-refractivity contribution in [3.63, 3.8) is 0 Å². The van der Waals surface area contributed by atoms with Crippen LogP contribution < -0.4 is 4.72 Å². The topological polar surface area (TPSA) is 78.9 Å². The smallest absolute Gasteiger partial charge is 0.280 e. The van der Waals surface area contributed by atoms with E-state index in [2.05, 4.69) is 4.72 Å². The molecule has 0 spiro atoms. The molecular weight excluding hydrogens is 268 g/mol. The minimum atomic E-state index is -3.49. The summed E-state index contributed by atoms with van der Waals surface area (Å²) in [5, 5.41) is 9.31. The van der Waals surface area contributed by atoms with Gasteiger partial charge < -0.3 is 9.84 Å². The minimum Gasteiger partial charge on any atom is -0.395 e. The van der Waals surface area contributed by atoms with Crippen molar-refractivity contribution in [2.75, 3.05) is 20.3 Å². The highest BCUT2D eigenvalue weighted by molar-refractivity contribution is 7.87. The number of piperidine rings is 1. The first kappa shape index (κ1) is 15.2. The number of aliphatic hydroxyl groups is 1. The number of nitrogens with zero attached hydrogens (tertiary/aromatic N) is 1. The molecule has 1 aliphatic carbocycles. The van der Waals surface area contributed by atoms with Crippen LogP contribution in [0.1, 0.15) is 38.5 Å². The largest absolute Gasteiger partial charge is 0.395 e. The molecule has 0 aromatic carbocycles. The van der Waals surface area contributed by atoms with Gasteiger partial charge in [0, 0.05) is 25.7 Å². The number of ether oxygens (including phenoxy) is 1. The van der Waals surface area contributed by atoms with Crippen LogP contribution in [-0.2, 0) is 14.9 Å². The summed E-state index contributed by atoms with van der Waals surface area (Å²) in [6.07, 6.45) is 5.18. The number of hydrogen-bond acceptors (Lipinski definition) is 4. The van der Waals surface area contributed by atoms with Crippen molar-refractivity contribution in [2.45, 2.75) is 56.7 Å². The molecule has 0 radical (unpaired) electrons. The summed E-state index contributed by atoms with van der Waals surface area (Å²) in [6.45, 7) is 0.396. The summed E-state index contributed by atoms with van der Waals surface area (Å²) in [5.74, 6) is 0. The van der Waals surface area contributed by atoms with Crippen LogP contribution >= 0.6 is 0 Å². The maximum Gasteiger partial charge on any atom is 0.280 e. The van der Waals surface area contributed by atoms with E-state index < -0.39 is 10.2 Å². The normalized spacial score (nSPS) is 33.7. The van der Waals surface area contributed by atoms with E-state index >= 15 is 0 Å². The van der Waals surface area contributed by atoms with Crippen molar-refractivity contribution in [3.05, 3.63) is 0 Å². The SMILES string of the molecule is COC1CCC(NS(=O)(=O)N2CCCCC2CO)C1. The van der Waals surface area contributed by atoms with E-state index in [0.29, 0.717) is 6.54 Å². The van der Waals surface area contributed by atoms with Gasteiger partial charge >= 0.3 is 0 Å². The summed E-state index contributed by atoms with van der Waals surface area (Å²) < 4.78 is 34.2. The zero-order chi connectivity index (χ0) is 13.9. The molecule has 3 unspecified atom stereocenters. The lowest BCUT2D eigenvalue weighted by Crippen LogP contribution is -2.52. The van der Waals surface area contributed by atoms with Gasteiger partial charge in [-0.25, -0.2) is 0 Å². The van der Waals surface area contributed by atoms with E-state index in [1.54, 1.807) is 7.11 Å². The molecule has 1 aliphatic heterocycles. The highest BCUT2D eigenvalue weighted by Gasteiger charge is 2.35. The second kappa shape index (κ2) is 6.49. The van der Waals surface area contributed by atoms with E-state index in [1.807, 2.05) is 0 Å². The van der Waals surface area contributed by atoms with Crippen LogP contribution in [0.15, 0.2) is 0 Å². The number of nitrogens with one attached hydrogen (secondary N) is 1. The first-order chi connectivity index (χ1) is 9.06. The van der Waals surface area contributed by atoms with Gasteiger partial charge in [0.15, 0.2) is 0 Å². The van der Waals surface area contributed by atoms with Crippen molar-refractivity contribution in [1.29, 1.82) is 0 Å². The number of hydrogen-bond donors (Lipinski definition) is 2. The Balaban J connectivity index is 1.97. The zero-order valence-electron chi connectivity index (χ0n) is 11.4. The Morgan fingerprint density at radius 3 is 2.74 bits per heavy atom. The van der Waals surface area contributed by atoms with E-state index in [0.717, 1.165) is 38.5 Å². The summed E-state index contributed by atoms with van der Waals surface area (Å²) >= 11 is 0. The van der Waals surface area contributed by atoms with Gasteiger partial charge in [-0.2, -0.15) is 17.4 Å². The average Bonchev–Trinajstić information content (AvgIpc) is 2.85. The van der Waals surface area contributed by atoms with Gasteiger partial charge in [0.05, 0.1) is 12.7 Å². The monoisotopic (exact) mass is 292 g/mol.